The Hall–Kier alpha value is -1.55. The Morgan fingerprint density at radius 2 is 2.19 bits per heavy atom. The number of aryl methyl sites for hydroxylation is 3. The van der Waals surface area contributed by atoms with Gasteiger partial charge in [0.1, 0.15) is 11.5 Å². The van der Waals surface area contributed by atoms with E-state index in [1.165, 1.54) is 11.3 Å². The molecule has 86 valence electrons. The summed E-state index contributed by atoms with van der Waals surface area (Å²) in [5, 5.41) is 7.50. The molecular formula is C12H17N3O. The van der Waals surface area contributed by atoms with Crippen LogP contribution in [0.3, 0.4) is 0 Å². The second kappa shape index (κ2) is 4.53. The summed E-state index contributed by atoms with van der Waals surface area (Å²) in [6.07, 6.45) is 1.81. The summed E-state index contributed by atoms with van der Waals surface area (Å²) in [4.78, 5) is 0. The predicted molar refractivity (Wildman–Crippen MR) is 61.9 cm³/mol. The molecule has 2 rings (SSSR count). The van der Waals surface area contributed by atoms with Crippen LogP contribution >= 0.6 is 0 Å². The van der Waals surface area contributed by atoms with Crippen molar-refractivity contribution in [3.63, 3.8) is 0 Å². The average molecular weight is 219 g/mol. The Labute approximate surface area is 95.3 Å². The number of nitrogens with zero attached hydrogens (tertiary/aromatic N) is 2. The summed E-state index contributed by atoms with van der Waals surface area (Å²) in [6.45, 7) is 5.61. The zero-order valence-electron chi connectivity index (χ0n) is 9.95. The lowest BCUT2D eigenvalue weighted by Gasteiger charge is -2.04. The van der Waals surface area contributed by atoms with E-state index in [1.54, 1.807) is 0 Å². The minimum Gasteiger partial charge on any atom is -0.466 e. The highest BCUT2D eigenvalue weighted by molar-refractivity contribution is 5.19. The molecule has 0 aliphatic carbocycles. The largest absolute Gasteiger partial charge is 0.466 e. The molecule has 4 nitrogen and oxygen atoms in total. The van der Waals surface area contributed by atoms with Crippen LogP contribution in [0.5, 0.6) is 0 Å². The Bertz CT molecular complexity index is 470. The number of hydrogen-bond donors (Lipinski definition) is 1. The Morgan fingerprint density at radius 3 is 2.75 bits per heavy atom. The lowest BCUT2D eigenvalue weighted by atomic mass is 10.2. The van der Waals surface area contributed by atoms with Crippen LogP contribution in [0, 0.1) is 13.8 Å². The van der Waals surface area contributed by atoms with Crippen molar-refractivity contribution in [3.8, 4) is 0 Å². The second-order valence-electron chi connectivity index (χ2n) is 3.99. The monoisotopic (exact) mass is 219 g/mol. The van der Waals surface area contributed by atoms with Crippen molar-refractivity contribution in [2.45, 2.75) is 26.9 Å². The van der Waals surface area contributed by atoms with Crippen molar-refractivity contribution in [1.82, 2.24) is 15.1 Å². The molecule has 1 N–H and O–H groups in total. The minimum atomic E-state index is 0.820. The van der Waals surface area contributed by atoms with Gasteiger partial charge in [0.15, 0.2) is 0 Å². The van der Waals surface area contributed by atoms with E-state index >= 15 is 0 Å². The Morgan fingerprint density at radius 1 is 1.38 bits per heavy atom. The van der Waals surface area contributed by atoms with Crippen molar-refractivity contribution >= 4 is 0 Å². The lowest BCUT2D eigenvalue weighted by molar-refractivity contribution is 0.498. The highest BCUT2D eigenvalue weighted by Crippen LogP contribution is 2.13. The van der Waals surface area contributed by atoms with Crippen LogP contribution in [0.4, 0.5) is 0 Å². The maximum Gasteiger partial charge on any atom is 0.105 e. The fourth-order valence-corrected chi connectivity index (χ4v) is 1.76. The molecular weight excluding hydrogens is 202 g/mol. The van der Waals surface area contributed by atoms with Crippen LogP contribution in [0.1, 0.15) is 22.8 Å². The van der Waals surface area contributed by atoms with E-state index in [0.29, 0.717) is 0 Å². The van der Waals surface area contributed by atoms with Crippen LogP contribution in [-0.4, -0.2) is 9.78 Å². The summed E-state index contributed by atoms with van der Waals surface area (Å²) in [5.41, 5.74) is 2.40. The van der Waals surface area contributed by atoms with E-state index in [2.05, 4.69) is 16.5 Å². The molecule has 2 heterocycles. The summed E-state index contributed by atoms with van der Waals surface area (Å²) in [5.74, 6) is 1.96. The van der Waals surface area contributed by atoms with Crippen molar-refractivity contribution in [3.05, 3.63) is 41.1 Å². The van der Waals surface area contributed by atoms with Crippen molar-refractivity contribution in [2.75, 3.05) is 0 Å². The van der Waals surface area contributed by atoms with Gasteiger partial charge in [0.25, 0.3) is 0 Å². The van der Waals surface area contributed by atoms with Gasteiger partial charge in [-0.2, -0.15) is 5.10 Å². The van der Waals surface area contributed by atoms with E-state index in [4.69, 9.17) is 4.42 Å². The molecule has 0 unspecified atom stereocenters. The van der Waals surface area contributed by atoms with E-state index in [1.807, 2.05) is 37.8 Å². The van der Waals surface area contributed by atoms with Gasteiger partial charge in [-0.3, -0.25) is 4.68 Å². The quantitative estimate of drug-likeness (QED) is 0.854. The molecule has 2 aromatic heterocycles. The van der Waals surface area contributed by atoms with E-state index in [-0.39, 0.29) is 0 Å². The fraction of sp³-hybridized carbons (Fsp3) is 0.417. The van der Waals surface area contributed by atoms with Gasteiger partial charge in [-0.15, -0.1) is 0 Å². The number of nitrogens with one attached hydrogen (secondary N) is 1. The molecule has 0 aliphatic heterocycles. The molecule has 2 aromatic rings. The van der Waals surface area contributed by atoms with E-state index < -0.39 is 0 Å². The van der Waals surface area contributed by atoms with Crippen LogP contribution in [0.25, 0.3) is 0 Å². The van der Waals surface area contributed by atoms with Gasteiger partial charge < -0.3 is 9.73 Å². The maximum atomic E-state index is 5.47. The third-order valence-electron chi connectivity index (χ3n) is 2.69. The first-order chi connectivity index (χ1) is 7.66. The zero-order valence-corrected chi connectivity index (χ0v) is 9.95. The molecule has 0 aliphatic rings. The molecule has 16 heavy (non-hydrogen) atoms. The predicted octanol–water partition coefficient (Wildman–Crippen LogP) is 1.92. The molecule has 4 heteroatoms. The van der Waals surface area contributed by atoms with Crippen LogP contribution < -0.4 is 5.32 Å². The standard InChI is InChI=1S/C12H17N3O/c1-9-6-11(10(2)16-9)7-13-8-12-4-5-14-15(12)3/h4-6,13H,7-8H2,1-3H3. The highest BCUT2D eigenvalue weighted by Gasteiger charge is 2.04. The number of aromatic nitrogens is 2. The van der Waals surface area contributed by atoms with Gasteiger partial charge in [-0.1, -0.05) is 0 Å². The molecule has 0 bridgehead atoms. The van der Waals surface area contributed by atoms with Gasteiger partial charge in [0.2, 0.25) is 0 Å². The Balaban J connectivity index is 1.89. The summed E-state index contributed by atoms with van der Waals surface area (Å²) in [7, 11) is 1.95. The fourth-order valence-electron chi connectivity index (χ4n) is 1.76. The minimum absolute atomic E-state index is 0.820. The molecule has 0 fully saturated rings. The summed E-state index contributed by atoms with van der Waals surface area (Å²) in [6, 6.07) is 4.09. The summed E-state index contributed by atoms with van der Waals surface area (Å²) >= 11 is 0. The molecule has 0 saturated carbocycles. The molecule has 0 saturated heterocycles. The second-order valence-corrected chi connectivity index (χ2v) is 3.99. The molecule has 0 aromatic carbocycles. The normalized spacial score (nSPS) is 10.9. The summed E-state index contributed by atoms with van der Waals surface area (Å²) < 4.78 is 7.34. The highest BCUT2D eigenvalue weighted by atomic mass is 16.3. The first-order valence-corrected chi connectivity index (χ1v) is 5.40. The van der Waals surface area contributed by atoms with Crippen molar-refractivity contribution in [1.29, 1.82) is 0 Å². The first kappa shape index (κ1) is 11.0. The third kappa shape index (κ3) is 2.33. The van der Waals surface area contributed by atoms with Gasteiger partial charge in [0.05, 0.1) is 5.69 Å². The van der Waals surface area contributed by atoms with Gasteiger partial charge in [0, 0.05) is 31.9 Å². The molecule has 0 radical (unpaired) electrons. The lowest BCUT2D eigenvalue weighted by Crippen LogP contribution is -2.15. The molecule has 0 spiro atoms. The SMILES string of the molecule is Cc1cc(CNCc2ccnn2C)c(C)o1. The average Bonchev–Trinajstić information content (AvgIpc) is 2.75. The topological polar surface area (TPSA) is 43.0 Å². The van der Waals surface area contributed by atoms with Gasteiger partial charge >= 0.3 is 0 Å². The van der Waals surface area contributed by atoms with Crippen molar-refractivity contribution in [2.24, 2.45) is 7.05 Å². The smallest absolute Gasteiger partial charge is 0.105 e. The van der Waals surface area contributed by atoms with Crippen LogP contribution in [0.15, 0.2) is 22.7 Å². The number of rotatable bonds is 4. The molecule has 0 atom stereocenters. The van der Waals surface area contributed by atoms with Gasteiger partial charge in [-0.05, 0) is 26.0 Å². The number of furan rings is 1. The zero-order chi connectivity index (χ0) is 11.5. The first-order valence-electron chi connectivity index (χ1n) is 5.40. The number of hydrogen-bond acceptors (Lipinski definition) is 3. The third-order valence-corrected chi connectivity index (χ3v) is 2.69. The molecule has 0 amide bonds. The van der Waals surface area contributed by atoms with E-state index in [0.717, 1.165) is 24.6 Å². The maximum absolute atomic E-state index is 5.47. The van der Waals surface area contributed by atoms with E-state index in [9.17, 15) is 0 Å². The van der Waals surface area contributed by atoms with Crippen LogP contribution in [-0.2, 0) is 20.1 Å². The Kier molecular flexibility index (Phi) is 3.10. The van der Waals surface area contributed by atoms with Gasteiger partial charge in [-0.25, -0.2) is 0 Å². The van der Waals surface area contributed by atoms with Crippen molar-refractivity contribution < 1.29 is 4.42 Å². The van der Waals surface area contributed by atoms with Crippen LogP contribution in [0.2, 0.25) is 0 Å².